The maximum absolute atomic E-state index is 13.4. The Balaban J connectivity index is 1.75. The summed E-state index contributed by atoms with van der Waals surface area (Å²) in [6.07, 6.45) is 3.46. The number of carbonyl (C=O) groups is 1. The Morgan fingerprint density at radius 2 is 1.96 bits per heavy atom. The molecule has 3 heteroatoms. The number of amides is 1. The summed E-state index contributed by atoms with van der Waals surface area (Å²) >= 11 is 0. The number of aryl methyl sites for hydroxylation is 1. The van der Waals surface area contributed by atoms with Crippen LogP contribution in [0, 0.1) is 17.8 Å². The third-order valence-corrected chi connectivity index (χ3v) is 5.75. The maximum Gasteiger partial charge on any atom is 0.254 e. The molecule has 2 atom stereocenters. The van der Waals surface area contributed by atoms with Crippen LogP contribution in [0.2, 0.25) is 0 Å². The normalized spacial score (nSPS) is 28.3. The molecule has 24 heavy (non-hydrogen) atoms. The average molecular weight is 322 g/mol. The number of hydrogen-bond acceptors (Lipinski definition) is 2. The Morgan fingerprint density at radius 1 is 1.21 bits per heavy atom. The van der Waals surface area contributed by atoms with E-state index in [0.29, 0.717) is 11.5 Å². The van der Waals surface area contributed by atoms with Crippen molar-refractivity contribution in [3.8, 4) is 0 Å². The largest absolute Gasteiger partial charge is 0.335 e. The van der Waals surface area contributed by atoms with E-state index in [0.717, 1.165) is 41.5 Å². The molecule has 1 aliphatic heterocycles. The summed E-state index contributed by atoms with van der Waals surface area (Å²) in [7, 11) is 0. The van der Waals surface area contributed by atoms with Crippen molar-refractivity contribution in [2.24, 2.45) is 10.8 Å². The molecule has 0 N–H and O–H groups in total. The molecule has 1 saturated carbocycles. The highest BCUT2D eigenvalue weighted by atomic mass is 16.2. The average Bonchev–Trinajstić information content (AvgIpc) is 2.74. The lowest BCUT2D eigenvalue weighted by Gasteiger charge is -2.39. The molecule has 1 aliphatic carbocycles. The van der Waals surface area contributed by atoms with Crippen molar-refractivity contribution in [2.45, 2.75) is 53.0 Å². The Hall–Kier alpha value is -1.90. The molecule has 2 heterocycles. The maximum atomic E-state index is 13.4. The van der Waals surface area contributed by atoms with Crippen LogP contribution in [0.15, 0.2) is 30.3 Å². The molecule has 0 radical (unpaired) electrons. The fourth-order valence-corrected chi connectivity index (χ4v) is 5.34. The Morgan fingerprint density at radius 3 is 2.75 bits per heavy atom. The van der Waals surface area contributed by atoms with Crippen LogP contribution in [-0.4, -0.2) is 28.4 Å². The predicted octanol–water partition coefficient (Wildman–Crippen LogP) is 4.58. The van der Waals surface area contributed by atoms with Gasteiger partial charge in [0.1, 0.15) is 0 Å². The third kappa shape index (κ3) is 2.51. The van der Waals surface area contributed by atoms with E-state index < -0.39 is 0 Å². The van der Waals surface area contributed by atoms with Gasteiger partial charge in [-0.2, -0.15) is 0 Å². The van der Waals surface area contributed by atoms with E-state index >= 15 is 0 Å². The van der Waals surface area contributed by atoms with Gasteiger partial charge in [0.05, 0.1) is 11.1 Å². The lowest BCUT2D eigenvalue weighted by Crippen LogP contribution is -2.37. The van der Waals surface area contributed by atoms with Crippen molar-refractivity contribution in [2.75, 3.05) is 6.54 Å². The number of nitrogens with zero attached hydrogens (tertiary/aromatic N) is 2. The number of para-hydroxylation sites is 1. The molecule has 3 nitrogen and oxygen atoms in total. The van der Waals surface area contributed by atoms with Crippen LogP contribution in [0.5, 0.6) is 0 Å². The Bertz CT molecular complexity index is 826. The highest BCUT2D eigenvalue weighted by Gasteiger charge is 2.51. The van der Waals surface area contributed by atoms with E-state index in [1.165, 1.54) is 6.42 Å². The molecule has 2 aliphatic rings. The number of likely N-dealkylation sites (tertiary alicyclic amines) is 1. The summed E-state index contributed by atoms with van der Waals surface area (Å²) in [6.45, 7) is 9.89. The first-order valence-electron chi connectivity index (χ1n) is 8.94. The van der Waals surface area contributed by atoms with Crippen LogP contribution in [0.3, 0.4) is 0 Å². The Labute approximate surface area is 144 Å². The molecule has 1 aromatic heterocycles. The minimum absolute atomic E-state index is 0.183. The molecule has 1 aromatic carbocycles. The number of pyridine rings is 1. The Kier molecular flexibility index (Phi) is 3.28. The zero-order chi connectivity index (χ0) is 17.1. The molecule has 2 unspecified atom stereocenters. The number of rotatable bonds is 1. The topological polar surface area (TPSA) is 33.2 Å². The van der Waals surface area contributed by atoms with E-state index in [1.807, 2.05) is 37.3 Å². The molecule has 2 bridgehead atoms. The highest BCUT2D eigenvalue weighted by Crippen LogP contribution is 2.52. The second kappa shape index (κ2) is 5.05. The van der Waals surface area contributed by atoms with Crippen LogP contribution in [0.1, 0.15) is 56.1 Å². The van der Waals surface area contributed by atoms with Gasteiger partial charge in [0, 0.05) is 23.7 Å². The van der Waals surface area contributed by atoms with Gasteiger partial charge in [-0.15, -0.1) is 0 Å². The molecule has 4 rings (SSSR count). The van der Waals surface area contributed by atoms with Crippen LogP contribution >= 0.6 is 0 Å². The predicted molar refractivity (Wildman–Crippen MR) is 97.0 cm³/mol. The minimum Gasteiger partial charge on any atom is -0.335 e. The van der Waals surface area contributed by atoms with Crippen LogP contribution < -0.4 is 0 Å². The first-order chi connectivity index (χ1) is 11.3. The number of fused-ring (bicyclic) bond motifs is 3. The summed E-state index contributed by atoms with van der Waals surface area (Å²) in [5.41, 5.74) is 3.22. The number of hydrogen-bond donors (Lipinski definition) is 0. The van der Waals surface area contributed by atoms with Crippen molar-refractivity contribution in [3.63, 3.8) is 0 Å². The summed E-state index contributed by atoms with van der Waals surface area (Å²) in [6, 6.07) is 10.3. The monoisotopic (exact) mass is 322 g/mol. The fourth-order valence-electron chi connectivity index (χ4n) is 5.34. The van der Waals surface area contributed by atoms with Gasteiger partial charge in [-0.3, -0.25) is 9.78 Å². The van der Waals surface area contributed by atoms with Crippen molar-refractivity contribution < 1.29 is 4.79 Å². The second-order valence-electron chi connectivity index (χ2n) is 8.98. The van der Waals surface area contributed by atoms with E-state index in [1.54, 1.807) is 0 Å². The van der Waals surface area contributed by atoms with E-state index in [4.69, 9.17) is 0 Å². The molecule has 2 aromatic rings. The van der Waals surface area contributed by atoms with Gasteiger partial charge in [-0.05, 0) is 49.1 Å². The molecular weight excluding hydrogens is 296 g/mol. The minimum atomic E-state index is 0.183. The summed E-state index contributed by atoms with van der Waals surface area (Å²) in [5, 5.41) is 0.971. The first-order valence-corrected chi connectivity index (χ1v) is 8.94. The van der Waals surface area contributed by atoms with Gasteiger partial charge in [-0.1, -0.05) is 39.0 Å². The first kappa shape index (κ1) is 15.6. The van der Waals surface area contributed by atoms with Gasteiger partial charge >= 0.3 is 0 Å². The number of aromatic nitrogens is 1. The lowest BCUT2D eigenvalue weighted by atomic mass is 9.65. The third-order valence-electron chi connectivity index (χ3n) is 5.75. The smallest absolute Gasteiger partial charge is 0.254 e. The van der Waals surface area contributed by atoms with Crippen LogP contribution in [0.4, 0.5) is 0 Å². The fraction of sp³-hybridized carbons (Fsp3) is 0.524. The quantitative estimate of drug-likeness (QED) is 0.769. The van der Waals surface area contributed by atoms with Crippen LogP contribution in [-0.2, 0) is 0 Å². The summed E-state index contributed by atoms with van der Waals surface area (Å²) in [4.78, 5) is 20.1. The molecule has 1 saturated heterocycles. The van der Waals surface area contributed by atoms with Gasteiger partial charge in [0.15, 0.2) is 0 Å². The summed E-state index contributed by atoms with van der Waals surface area (Å²) in [5.74, 6) is 0.183. The highest BCUT2D eigenvalue weighted by molar-refractivity contribution is 6.06. The molecule has 126 valence electrons. The zero-order valence-corrected chi connectivity index (χ0v) is 15.1. The lowest BCUT2D eigenvalue weighted by molar-refractivity contribution is 0.0710. The van der Waals surface area contributed by atoms with Gasteiger partial charge in [0.25, 0.3) is 5.91 Å². The van der Waals surface area contributed by atoms with Crippen molar-refractivity contribution in [3.05, 3.63) is 41.6 Å². The number of benzene rings is 1. The van der Waals surface area contributed by atoms with Crippen molar-refractivity contribution in [1.82, 2.24) is 9.88 Å². The summed E-state index contributed by atoms with van der Waals surface area (Å²) < 4.78 is 0. The van der Waals surface area contributed by atoms with Gasteiger partial charge in [0.2, 0.25) is 0 Å². The van der Waals surface area contributed by atoms with Gasteiger partial charge < -0.3 is 4.90 Å². The van der Waals surface area contributed by atoms with E-state index in [-0.39, 0.29) is 11.3 Å². The zero-order valence-electron chi connectivity index (χ0n) is 15.1. The molecule has 2 fully saturated rings. The van der Waals surface area contributed by atoms with Crippen LogP contribution in [0.25, 0.3) is 10.9 Å². The van der Waals surface area contributed by atoms with Crippen molar-refractivity contribution in [1.29, 1.82) is 0 Å². The SMILES string of the molecule is Cc1cc(C(=O)N2CC3(C)CC2CC(C)(C)C3)c2ccccc2n1. The standard InChI is InChI=1S/C21H26N2O/c1-14-9-17(16-7-5-6-8-18(16)22-14)19(24)23-13-21(4)11-15(23)10-20(2,3)12-21/h5-9,15H,10-13H2,1-4H3. The van der Waals surface area contributed by atoms with Gasteiger partial charge in [-0.25, -0.2) is 0 Å². The number of carbonyl (C=O) groups excluding carboxylic acids is 1. The van der Waals surface area contributed by atoms with E-state index in [2.05, 4.69) is 30.7 Å². The van der Waals surface area contributed by atoms with Crippen molar-refractivity contribution >= 4 is 16.8 Å². The molecule has 1 amide bonds. The molecular formula is C21H26N2O. The second-order valence-corrected chi connectivity index (χ2v) is 8.98. The van der Waals surface area contributed by atoms with E-state index in [9.17, 15) is 4.79 Å². The molecule has 0 spiro atoms.